The van der Waals surface area contributed by atoms with E-state index in [1.54, 1.807) is 12.3 Å². The zero-order valence-corrected chi connectivity index (χ0v) is 10.6. The standard InChI is InChI=1S/C11H11ClN2O2S/c12-9-2-1-4-14-10(9)6-13-11(14)8-3-5-17(15,16)7-8/h1-2,4,6,8H,3,5,7H2. The maximum atomic E-state index is 11.5. The predicted molar refractivity (Wildman–Crippen MR) is 66.2 cm³/mol. The molecular weight excluding hydrogens is 260 g/mol. The third-order valence-electron chi connectivity index (χ3n) is 3.15. The van der Waals surface area contributed by atoms with E-state index in [1.165, 1.54) is 0 Å². The Morgan fingerprint density at radius 3 is 3.00 bits per heavy atom. The fourth-order valence-corrected chi connectivity index (χ4v) is 4.26. The minimum Gasteiger partial charge on any atom is -0.302 e. The molecule has 3 rings (SSSR count). The maximum absolute atomic E-state index is 11.5. The highest BCUT2D eigenvalue weighted by molar-refractivity contribution is 7.91. The van der Waals surface area contributed by atoms with Crippen LogP contribution in [0.4, 0.5) is 0 Å². The molecule has 0 amide bonds. The first-order chi connectivity index (χ1) is 8.07. The summed E-state index contributed by atoms with van der Waals surface area (Å²) in [5.74, 6) is 1.23. The molecule has 17 heavy (non-hydrogen) atoms. The summed E-state index contributed by atoms with van der Waals surface area (Å²) in [6.45, 7) is 0. The van der Waals surface area contributed by atoms with Crippen molar-refractivity contribution >= 4 is 27.0 Å². The number of aromatic nitrogens is 2. The fourth-order valence-electron chi connectivity index (χ4n) is 2.31. The molecule has 6 heteroatoms. The van der Waals surface area contributed by atoms with Crippen LogP contribution in [-0.2, 0) is 9.84 Å². The molecule has 1 aliphatic heterocycles. The lowest BCUT2D eigenvalue weighted by Crippen LogP contribution is -2.07. The van der Waals surface area contributed by atoms with E-state index in [0.29, 0.717) is 11.4 Å². The van der Waals surface area contributed by atoms with Crippen LogP contribution in [0.5, 0.6) is 0 Å². The summed E-state index contributed by atoms with van der Waals surface area (Å²) in [5, 5.41) is 0.632. The van der Waals surface area contributed by atoms with E-state index >= 15 is 0 Å². The maximum Gasteiger partial charge on any atom is 0.151 e. The molecule has 4 nitrogen and oxygen atoms in total. The van der Waals surface area contributed by atoms with Crippen molar-refractivity contribution in [3.8, 4) is 0 Å². The summed E-state index contributed by atoms with van der Waals surface area (Å²) in [6.07, 6.45) is 4.21. The largest absolute Gasteiger partial charge is 0.302 e. The predicted octanol–water partition coefficient (Wildman–Crippen LogP) is 1.89. The second-order valence-corrected chi connectivity index (χ2v) is 6.96. The molecule has 1 aliphatic rings. The van der Waals surface area contributed by atoms with Crippen LogP contribution in [0.2, 0.25) is 5.02 Å². The number of hydrogen-bond donors (Lipinski definition) is 0. The van der Waals surface area contributed by atoms with Crippen LogP contribution in [0.25, 0.3) is 5.52 Å². The van der Waals surface area contributed by atoms with Crippen molar-refractivity contribution in [1.82, 2.24) is 9.38 Å². The minimum atomic E-state index is -2.89. The topological polar surface area (TPSA) is 51.4 Å². The van der Waals surface area contributed by atoms with Crippen LogP contribution in [-0.4, -0.2) is 29.3 Å². The molecule has 0 saturated carbocycles. The van der Waals surface area contributed by atoms with Crippen molar-refractivity contribution < 1.29 is 8.42 Å². The smallest absolute Gasteiger partial charge is 0.151 e. The number of halogens is 1. The first-order valence-corrected chi connectivity index (χ1v) is 7.59. The average Bonchev–Trinajstić information content (AvgIpc) is 2.82. The van der Waals surface area contributed by atoms with Gasteiger partial charge in [-0.3, -0.25) is 0 Å². The van der Waals surface area contributed by atoms with E-state index in [9.17, 15) is 8.42 Å². The van der Waals surface area contributed by atoms with E-state index in [4.69, 9.17) is 11.6 Å². The zero-order valence-electron chi connectivity index (χ0n) is 9.01. The highest BCUT2D eigenvalue weighted by atomic mass is 35.5. The summed E-state index contributed by atoms with van der Waals surface area (Å²) in [4.78, 5) is 4.32. The number of imidazole rings is 1. The van der Waals surface area contributed by atoms with Gasteiger partial charge in [0.05, 0.1) is 28.2 Å². The van der Waals surface area contributed by atoms with Crippen LogP contribution in [0.1, 0.15) is 18.2 Å². The third kappa shape index (κ3) is 1.83. The summed E-state index contributed by atoms with van der Waals surface area (Å²) in [5.41, 5.74) is 0.827. The van der Waals surface area contributed by atoms with Crippen molar-refractivity contribution in [2.45, 2.75) is 12.3 Å². The Labute approximate surface area is 104 Å². The lowest BCUT2D eigenvalue weighted by Gasteiger charge is -2.06. The van der Waals surface area contributed by atoms with Gasteiger partial charge in [-0.05, 0) is 18.6 Å². The van der Waals surface area contributed by atoms with Gasteiger partial charge < -0.3 is 4.40 Å². The number of hydrogen-bond acceptors (Lipinski definition) is 3. The summed E-state index contributed by atoms with van der Waals surface area (Å²) >= 11 is 6.05. The van der Waals surface area contributed by atoms with Gasteiger partial charge in [-0.1, -0.05) is 11.6 Å². The first kappa shape index (κ1) is 11.0. The van der Waals surface area contributed by atoms with E-state index in [1.807, 2.05) is 16.7 Å². The molecule has 90 valence electrons. The van der Waals surface area contributed by atoms with Crippen LogP contribution in [0, 0.1) is 0 Å². The molecule has 2 aromatic rings. The SMILES string of the molecule is O=S1(=O)CCC(c2ncc3c(Cl)cccn23)C1. The van der Waals surface area contributed by atoms with E-state index in [2.05, 4.69) is 4.98 Å². The van der Waals surface area contributed by atoms with Crippen molar-refractivity contribution in [3.05, 3.63) is 35.4 Å². The number of nitrogens with zero attached hydrogens (tertiary/aromatic N) is 2. The van der Waals surface area contributed by atoms with Gasteiger partial charge in [0.15, 0.2) is 9.84 Å². The second kappa shape index (κ2) is 3.71. The normalized spacial score (nSPS) is 23.2. The van der Waals surface area contributed by atoms with Gasteiger partial charge in [0, 0.05) is 12.1 Å². The van der Waals surface area contributed by atoms with Gasteiger partial charge in [-0.2, -0.15) is 0 Å². The quantitative estimate of drug-likeness (QED) is 0.795. The monoisotopic (exact) mass is 270 g/mol. The molecule has 0 bridgehead atoms. The molecule has 1 saturated heterocycles. The molecule has 3 heterocycles. The molecule has 2 aromatic heterocycles. The van der Waals surface area contributed by atoms with E-state index in [-0.39, 0.29) is 17.4 Å². The molecule has 1 atom stereocenters. The molecule has 0 aliphatic carbocycles. The third-order valence-corrected chi connectivity index (χ3v) is 5.23. The van der Waals surface area contributed by atoms with Crippen molar-refractivity contribution in [1.29, 1.82) is 0 Å². The summed E-state index contributed by atoms with van der Waals surface area (Å²) < 4.78 is 24.8. The number of pyridine rings is 1. The van der Waals surface area contributed by atoms with Crippen molar-refractivity contribution in [3.63, 3.8) is 0 Å². The first-order valence-electron chi connectivity index (χ1n) is 5.39. The number of fused-ring (bicyclic) bond motifs is 1. The van der Waals surface area contributed by atoms with Gasteiger partial charge in [-0.25, -0.2) is 13.4 Å². The van der Waals surface area contributed by atoms with Crippen LogP contribution < -0.4 is 0 Å². The van der Waals surface area contributed by atoms with Crippen LogP contribution in [0.3, 0.4) is 0 Å². The Morgan fingerprint density at radius 1 is 1.47 bits per heavy atom. The number of rotatable bonds is 1. The van der Waals surface area contributed by atoms with Crippen molar-refractivity contribution in [2.75, 3.05) is 11.5 Å². The Kier molecular flexibility index (Phi) is 2.41. The lowest BCUT2D eigenvalue weighted by atomic mass is 10.1. The van der Waals surface area contributed by atoms with Crippen LogP contribution >= 0.6 is 11.6 Å². The van der Waals surface area contributed by atoms with Gasteiger partial charge in [-0.15, -0.1) is 0 Å². The van der Waals surface area contributed by atoms with E-state index in [0.717, 1.165) is 11.3 Å². The highest BCUT2D eigenvalue weighted by Crippen LogP contribution is 2.29. The molecule has 1 unspecified atom stereocenters. The molecular formula is C11H11ClN2O2S. The van der Waals surface area contributed by atoms with Gasteiger partial charge in [0.1, 0.15) is 5.82 Å². The zero-order chi connectivity index (χ0) is 12.0. The Bertz CT molecular complexity index is 678. The lowest BCUT2D eigenvalue weighted by molar-refractivity contribution is 0.601. The Hall–Kier alpha value is -1.07. The number of sulfone groups is 1. The molecule has 0 radical (unpaired) electrons. The van der Waals surface area contributed by atoms with Gasteiger partial charge >= 0.3 is 0 Å². The van der Waals surface area contributed by atoms with E-state index < -0.39 is 9.84 Å². The second-order valence-electron chi connectivity index (χ2n) is 4.33. The van der Waals surface area contributed by atoms with Gasteiger partial charge in [0.25, 0.3) is 0 Å². The van der Waals surface area contributed by atoms with Crippen LogP contribution in [0.15, 0.2) is 24.5 Å². The minimum absolute atomic E-state index is 0.0130. The fraction of sp³-hybridized carbons (Fsp3) is 0.364. The summed E-state index contributed by atoms with van der Waals surface area (Å²) in [7, 11) is -2.89. The average molecular weight is 271 g/mol. The van der Waals surface area contributed by atoms with Crippen molar-refractivity contribution in [2.24, 2.45) is 0 Å². The Morgan fingerprint density at radius 2 is 2.29 bits per heavy atom. The molecule has 0 aromatic carbocycles. The molecule has 1 fully saturated rings. The molecule has 0 spiro atoms. The van der Waals surface area contributed by atoms with Gasteiger partial charge in [0.2, 0.25) is 0 Å². The molecule has 0 N–H and O–H groups in total. The summed E-state index contributed by atoms with van der Waals surface area (Å²) in [6, 6.07) is 3.64. The highest BCUT2D eigenvalue weighted by Gasteiger charge is 2.31. The Balaban J connectivity index is 2.11.